The second-order valence-electron chi connectivity index (χ2n) is 3.59. The van der Waals surface area contributed by atoms with E-state index in [2.05, 4.69) is 0 Å². The topological polar surface area (TPSA) is 74.7 Å². The standard InChI is InChI=1S/C12H9NO4S/c14-10(15)6-9-11(16)13(12(17)18-9)7-8-4-2-1-3-5-8/h1-6H,7H2,(H,14,15)/b9-6-. The van der Waals surface area contributed by atoms with Gasteiger partial charge in [0, 0.05) is 6.08 Å². The van der Waals surface area contributed by atoms with Crippen molar-refractivity contribution in [3.8, 4) is 0 Å². The molecule has 5 nitrogen and oxygen atoms in total. The number of benzene rings is 1. The summed E-state index contributed by atoms with van der Waals surface area (Å²) in [6.45, 7) is 0.155. The van der Waals surface area contributed by atoms with Gasteiger partial charge in [0.05, 0.1) is 11.4 Å². The lowest BCUT2D eigenvalue weighted by atomic mass is 10.2. The maximum atomic E-state index is 11.8. The van der Waals surface area contributed by atoms with E-state index in [4.69, 9.17) is 5.11 Å². The third kappa shape index (κ3) is 2.60. The van der Waals surface area contributed by atoms with Crippen LogP contribution in [0.2, 0.25) is 0 Å². The Morgan fingerprint density at radius 3 is 2.56 bits per heavy atom. The lowest BCUT2D eigenvalue weighted by Crippen LogP contribution is -2.27. The highest BCUT2D eigenvalue weighted by Crippen LogP contribution is 2.31. The van der Waals surface area contributed by atoms with Gasteiger partial charge in [-0.15, -0.1) is 0 Å². The Labute approximate surface area is 107 Å². The molecule has 1 heterocycles. The van der Waals surface area contributed by atoms with Gasteiger partial charge in [-0.1, -0.05) is 30.3 Å². The van der Waals surface area contributed by atoms with E-state index in [1.165, 1.54) is 0 Å². The van der Waals surface area contributed by atoms with Crippen molar-refractivity contribution in [3.05, 3.63) is 46.9 Å². The van der Waals surface area contributed by atoms with Crippen LogP contribution < -0.4 is 0 Å². The van der Waals surface area contributed by atoms with Crippen LogP contribution in [0.15, 0.2) is 41.3 Å². The molecule has 6 heteroatoms. The molecule has 0 radical (unpaired) electrons. The first-order valence-corrected chi connectivity index (χ1v) is 5.92. The maximum Gasteiger partial charge on any atom is 0.329 e. The van der Waals surface area contributed by atoms with Crippen LogP contribution in [0.25, 0.3) is 0 Å². The van der Waals surface area contributed by atoms with Crippen molar-refractivity contribution in [1.82, 2.24) is 4.90 Å². The summed E-state index contributed by atoms with van der Waals surface area (Å²) in [5.41, 5.74) is 0.816. The molecule has 0 spiro atoms. The van der Waals surface area contributed by atoms with Crippen molar-refractivity contribution in [1.29, 1.82) is 0 Å². The van der Waals surface area contributed by atoms with Crippen LogP contribution in [0.3, 0.4) is 0 Å². The Hall–Kier alpha value is -2.08. The molecule has 0 aliphatic carbocycles. The first-order chi connectivity index (χ1) is 8.58. The van der Waals surface area contributed by atoms with Crippen LogP contribution >= 0.6 is 11.8 Å². The van der Waals surface area contributed by atoms with Crippen molar-refractivity contribution >= 4 is 28.9 Å². The minimum absolute atomic E-state index is 0.0524. The van der Waals surface area contributed by atoms with Crippen LogP contribution in [0.5, 0.6) is 0 Å². The van der Waals surface area contributed by atoms with Gasteiger partial charge in [0.25, 0.3) is 11.1 Å². The lowest BCUT2D eigenvalue weighted by molar-refractivity contribution is -0.132. The molecule has 0 bridgehead atoms. The van der Waals surface area contributed by atoms with E-state index in [-0.39, 0.29) is 11.4 Å². The molecule has 1 aliphatic heterocycles. The summed E-state index contributed by atoms with van der Waals surface area (Å²) in [7, 11) is 0. The van der Waals surface area contributed by atoms with Gasteiger partial charge in [0.2, 0.25) is 0 Å². The van der Waals surface area contributed by atoms with Crippen LogP contribution in [0.4, 0.5) is 4.79 Å². The molecule has 1 saturated heterocycles. The first kappa shape index (κ1) is 12.4. The Morgan fingerprint density at radius 1 is 1.28 bits per heavy atom. The summed E-state index contributed by atoms with van der Waals surface area (Å²) in [5.74, 6) is -1.79. The van der Waals surface area contributed by atoms with Crippen molar-refractivity contribution in [2.75, 3.05) is 0 Å². The minimum atomic E-state index is -1.24. The molecule has 0 saturated carbocycles. The molecule has 1 aromatic rings. The Bertz CT molecular complexity index is 538. The number of thioether (sulfide) groups is 1. The van der Waals surface area contributed by atoms with E-state index in [1.54, 1.807) is 12.1 Å². The second-order valence-corrected chi connectivity index (χ2v) is 4.58. The van der Waals surface area contributed by atoms with Crippen molar-refractivity contribution in [3.63, 3.8) is 0 Å². The normalized spacial score (nSPS) is 17.6. The number of imide groups is 1. The molecule has 1 aromatic carbocycles. The fraction of sp³-hybridized carbons (Fsp3) is 0.0833. The van der Waals surface area contributed by atoms with E-state index in [1.807, 2.05) is 18.2 Å². The Balaban J connectivity index is 2.18. The summed E-state index contributed by atoms with van der Waals surface area (Å²) in [5, 5.41) is 8.13. The number of aliphatic carboxylic acids is 1. The zero-order valence-electron chi connectivity index (χ0n) is 9.20. The fourth-order valence-electron chi connectivity index (χ4n) is 1.51. The quantitative estimate of drug-likeness (QED) is 0.842. The van der Waals surface area contributed by atoms with Gasteiger partial charge in [-0.05, 0) is 17.3 Å². The van der Waals surface area contributed by atoms with Gasteiger partial charge in [0.15, 0.2) is 0 Å². The van der Waals surface area contributed by atoms with E-state index in [0.29, 0.717) is 11.8 Å². The highest BCUT2D eigenvalue weighted by Gasteiger charge is 2.35. The van der Waals surface area contributed by atoms with Crippen LogP contribution in [0.1, 0.15) is 5.56 Å². The smallest absolute Gasteiger partial charge is 0.329 e. The zero-order valence-corrected chi connectivity index (χ0v) is 10.0. The van der Waals surface area contributed by atoms with E-state index in [0.717, 1.165) is 16.5 Å². The molecule has 1 N–H and O–H groups in total. The predicted octanol–water partition coefficient (Wildman–Crippen LogP) is 1.85. The summed E-state index contributed by atoms with van der Waals surface area (Å²) in [6.07, 6.45) is 0.760. The van der Waals surface area contributed by atoms with Gasteiger partial charge in [-0.25, -0.2) is 4.79 Å². The SMILES string of the molecule is O=C(O)/C=C1\SC(=O)N(Cc2ccccc2)C1=O. The zero-order chi connectivity index (χ0) is 13.1. The molecule has 2 amide bonds. The monoisotopic (exact) mass is 263 g/mol. The van der Waals surface area contributed by atoms with Gasteiger partial charge in [-0.3, -0.25) is 14.5 Å². The molecule has 0 atom stereocenters. The maximum absolute atomic E-state index is 11.8. The Morgan fingerprint density at radius 2 is 1.94 bits per heavy atom. The van der Waals surface area contributed by atoms with E-state index in [9.17, 15) is 14.4 Å². The molecular formula is C12H9NO4S. The summed E-state index contributed by atoms with van der Waals surface area (Å²) in [4.78, 5) is 34.9. The fourth-order valence-corrected chi connectivity index (χ4v) is 2.32. The van der Waals surface area contributed by atoms with Crippen molar-refractivity contribution < 1.29 is 19.5 Å². The van der Waals surface area contributed by atoms with Crippen molar-refractivity contribution in [2.45, 2.75) is 6.54 Å². The highest BCUT2D eigenvalue weighted by atomic mass is 32.2. The van der Waals surface area contributed by atoms with Crippen LogP contribution in [-0.2, 0) is 16.1 Å². The van der Waals surface area contributed by atoms with Crippen LogP contribution in [-0.4, -0.2) is 27.1 Å². The third-order valence-electron chi connectivity index (χ3n) is 2.31. The summed E-state index contributed by atoms with van der Waals surface area (Å²) >= 11 is 0.647. The lowest BCUT2D eigenvalue weighted by Gasteiger charge is -2.11. The number of hydrogen-bond donors (Lipinski definition) is 1. The van der Waals surface area contributed by atoms with E-state index < -0.39 is 17.1 Å². The average Bonchev–Trinajstić information content (AvgIpc) is 2.58. The highest BCUT2D eigenvalue weighted by molar-refractivity contribution is 8.18. The third-order valence-corrected chi connectivity index (χ3v) is 3.22. The first-order valence-electron chi connectivity index (χ1n) is 5.10. The number of carbonyl (C=O) groups excluding carboxylic acids is 2. The number of carboxylic acids is 1. The molecule has 92 valence electrons. The summed E-state index contributed by atoms with van der Waals surface area (Å²) < 4.78 is 0. The molecule has 0 aromatic heterocycles. The molecule has 0 unspecified atom stereocenters. The minimum Gasteiger partial charge on any atom is -0.478 e. The predicted molar refractivity (Wildman–Crippen MR) is 65.7 cm³/mol. The summed E-state index contributed by atoms with van der Waals surface area (Å²) in [6, 6.07) is 9.04. The second kappa shape index (κ2) is 5.05. The van der Waals surface area contributed by atoms with Gasteiger partial charge in [0.1, 0.15) is 0 Å². The molecule has 1 fully saturated rings. The van der Waals surface area contributed by atoms with Gasteiger partial charge in [-0.2, -0.15) is 0 Å². The number of carbonyl (C=O) groups is 3. The number of nitrogens with zero attached hydrogens (tertiary/aromatic N) is 1. The molecule has 18 heavy (non-hydrogen) atoms. The average molecular weight is 263 g/mol. The number of carboxylic acid groups (broad SMARTS) is 1. The molecular weight excluding hydrogens is 254 g/mol. The van der Waals surface area contributed by atoms with Crippen molar-refractivity contribution in [2.24, 2.45) is 0 Å². The Kier molecular flexibility index (Phi) is 3.47. The number of hydrogen-bond acceptors (Lipinski definition) is 4. The van der Waals surface area contributed by atoms with Gasteiger partial charge >= 0.3 is 5.97 Å². The number of amides is 2. The molecule has 2 rings (SSSR count). The number of rotatable bonds is 3. The van der Waals surface area contributed by atoms with Crippen LogP contribution in [0, 0.1) is 0 Å². The molecule has 1 aliphatic rings. The van der Waals surface area contributed by atoms with E-state index >= 15 is 0 Å². The van der Waals surface area contributed by atoms with Gasteiger partial charge < -0.3 is 5.11 Å². The largest absolute Gasteiger partial charge is 0.478 e.